The molecular formula is C21H16N4O2S. The summed E-state index contributed by atoms with van der Waals surface area (Å²) < 4.78 is 24.4. The van der Waals surface area contributed by atoms with Gasteiger partial charge in [-0.15, -0.1) is 0 Å². The second-order valence-corrected chi connectivity index (χ2v) is 7.80. The predicted octanol–water partition coefficient (Wildman–Crippen LogP) is 2.68. The molecule has 6 nitrogen and oxygen atoms in total. The molecule has 28 heavy (non-hydrogen) atoms. The summed E-state index contributed by atoms with van der Waals surface area (Å²) in [5.74, 6) is 6.13. The van der Waals surface area contributed by atoms with E-state index >= 15 is 0 Å². The fraction of sp³-hybridized carbons (Fsp3) is 0.0476. The van der Waals surface area contributed by atoms with E-state index in [-0.39, 0.29) is 4.90 Å². The molecule has 0 aliphatic heterocycles. The number of sulfonamides is 1. The van der Waals surface area contributed by atoms with Crippen molar-refractivity contribution in [2.24, 2.45) is 12.2 Å². The van der Waals surface area contributed by atoms with Crippen molar-refractivity contribution in [1.29, 1.82) is 0 Å². The highest BCUT2D eigenvalue weighted by Gasteiger charge is 2.11. The number of primary sulfonamides is 1. The number of para-hydroxylation sites is 1. The van der Waals surface area contributed by atoms with Crippen LogP contribution in [0.2, 0.25) is 0 Å². The Balaban J connectivity index is 1.72. The first kappa shape index (κ1) is 17.9. The summed E-state index contributed by atoms with van der Waals surface area (Å²) in [7, 11) is -1.87. The van der Waals surface area contributed by atoms with Gasteiger partial charge in [-0.2, -0.15) is 5.10 Å². The van der Waals surface area contributed by atoms with Gasteiger partial charge in [-0.1, -0.05) is 36.1 Å². The van der Waals surface area contributed by atoms with Gasteiger partial charge < -0.3 is 0 Å². The lowest BCUT2D eigenvalue weighted by Crippen LogP contribution is -2.11. The molecule has 0 radical (unpaired) electrons. The van der Waals surface area contributed by atoms with Crippen molar-refractivity contribution in [3.63, 3.8) is 0 Å². The fourth-order valence-electron chi connectivity index (χ4n) is 2.90. The van der Waals surface area contributed by atoms with Crippen molar-refractivity contribution in [1.82, 2.24) is 14.8 Å². The topological polar surface area (TPSA) is 90.9 Å². The first-order valence-corrected chi connectivity index (χ1v) is 9.99. The van der Waals surface area contributed by atoms with Crippen molar-refractivity contribution >= 4 is 20.9 Å². The molecule has 0 spiro atoms. The third-order valence-electron chi connectivity index (χ3n) is 4.30. The Morgan fingerprint density at radius 3 is 2.46 bits per heavy atom. The van der Waals surface area contributed by atoms with Crippen LogP contribution in [0.5, 0.6) is 0 Å². The van der Waals surface area contributed by atoms with Gasteiger partial charge in [0.25, 0.3) is 0 Å². The minimum atomic E-state index is -3.71. The minimum absolute atomic E-state index is 0.0560. The molecule has 0 bridgehead atoms. The Morgan fingerprint density at radius 1 is 0.964 bits per heavy atom. The van der Waals surface area contributed by atoms with Crippen LogP contribution in [0.4, 0.5) is 0 Å². The number of hydrogen-bond donors (Lipinski definition) is 1. The maximum atomic E-state index is 11.3. The summed E-state index contributed by atoms with van der Waals surface area (Å²) in [4.78, 5) is 4.78. The summed E-state index contributed by atoms with van der Waals surface area (Å²) in [5, 5.41) is 10.5. The largest absolute Gasteiger partial charge is 0.265 e. The molecule has 2 aromatic heterocycles. The zero-order valence-electron chi connectivity index (χ0n) is 15.0. The van der Waals surface area contributed by atoms with Crippen molar-refractivity contribution < 1.29 is 8.42 Å². The number of rotatable bonds is 2. The smallest absolute Gasteiger partial charge is 0.238 e. The van der Waals surface area contributed by atoms with Crippen LogP contribution in [0.1, 0.15) is 11.1 Å². The summed E-state index contributed by atoms with van der Waals surface area (Å²) in [5.41, 5.74) is 3.92. The quantitative estimate of drug-likeness (QED) is 0.535. The SMILES string of the molecule is Cn1ncc(C#Cc2ccc(S(N)(=O)=O)cc2)c1-c1ccc2ccccc2n1. The Kier molecular flexibility index (Phi) is 4.43. The van der Waals surface area contributed by atoms with Gasteiger partial charge in [0.2, 0.25) is 10.0 Å². The molecular weight excluding hydrogens is 372 g/mol. The molecule has 0 aliphatic carbocycles. The molecule has 0 amide bonds. The van der Waals surface area contributed by atoms with E-state index in [0.717, 1.165) is 27.9 Å². The zero-order chi connectivity index (χ0) is 19.7. The first-order chi connectivity index (χ1) is 13.4. The molecule has 0 unspecified atom stereocenters. The van der Waals surface area contributed by atoms with E-state index < -0.39 is 10.0 Å². The molecule has 0 saturated carbocycles. The minimum Gasteiger partial charge on any atom is -0.265 e. The second-order valence-electron chi connectivity index (χ2n) is 6.24. The van der Waals surface area contributed by atoms with Gasteiger partial charge in [0.15, 0.2) is 0 Å². The number of pyridine rings is 1. The Labute approximate surface area is 162 Å². The number of fused-ring (bicyclic) bond motifs is 1. The van der Waals surface area contributed by atoms with Crippen LogP contribution < -0.4 is 5.14 Å². The lowest BCUT2D eigenvalue weighted by atomic mass is 10.1. The van der Waals surface area contributed by atoms with Crippen LogP contribution in [0.25, 0.3) is 22.3 Å². The van der Waals surface area contributed by atoms with Crippen LogP contribution in [-0.4, -0.2) is 23.2 Å². The summed E-state index contributed by atoms with van der Waals surface area (Å²) >= 11 is 0. The number of benzene rings is 2. The third-order valence-corrected chi connectivity index (χ3v) is 5.23. The lowest BCUT2D eigenvalue weighted by Gasteiger charge is -2.04. The van der Waals surface area contributed by atoms with E-state index in [4.69, 9.17) is 10.1 Å². The van der Waals surface area contributed by atoms with Gasteiger partial charge in [-0.3, -0.25) is 4.68 Å². The van der Waals surface area contributed by atoms with E-state index in [9.17, 15) is 8.42 Å². The maximum Gasteiger partial charge on any atom is 0.238 e. The predicted molar refractivity (Wildman–Crippen MR) is 108 cm³/mol. The fourth-order valence-corrected chi connectivity index (χ4v) is 3.41. The summed E-state index contributed by atoms with van der Waals surface area (Å²) in [6, 6.07) is 18.0. The van der Waals surface area contributed by atoms with Crippen molar-refractivity contribution in [2.75, 3.05) is 0 Å². The third kappa shape index (κ3) is 3.51. The first-order valence-electron chi connectivity index (χ1n) is 8.45. The lowest BCUT2D eigenvalue weighted by molar-refractivity contribution is 0.598. The molecule has 0 saturated heterocycles. The monoisotopic (exact) mass is 388 g/mol. The van der Waals surface area contributed by atoms with Crippen molar-refractivity contribution in [3.8, 4) is 23.2 Å². The summed E-state index contributed by atoms with van der Waals surface area (Å²) in [6.07, 6.45) is 1.69. The Morgan fingerprint density at radius 2 is 1.71 bits per heavy atom. The van der Waals surface area contributed by atoms with Crippen molar-refractivity contribution in [3.05, 3.63) is 78.0 Å². The Hall–Kier alpha value is -3.47. The van der Waals surface area contributed by atoms with Gasteiger partial charge in [-0.05, 0) is 36.4 Å². The van der Waals surface area contributed by atoms with Gasteiger partial charge in [-0.25, -0.2) is 18.5 Å². The van der Waals surface area contributed by atoms with Gasteiger partial charge in [0, 0.05) is 18.0 Å². The molecule has 0 atom stereocenters. The van der Waals surface area contributed by atoms with Crippen LogP contribution >= 0.6 is 0 Å². The molecule has 4 rings (SSSR count). The normalized spacial score (nSPS) is 11.2. The molecule has 7 heteroatoms. The average molecular weight is 388 g/mol. The number of aromatic nitrogens is 3. The molecule has 138 valence electrons. The molecule has 0 fully saturated rings. The summed E-state index contributed by atoms with van der Waals surface area (Å²) in [6.45, 7) is 0. The number of hydrogen-bond acceptors (Lipinski definition) is 4. The number of nitrogens with zero attached hydrogens (tertiary/aromatic N) is 3. The highest BCUT2D eigenvalue weighted by molar-refractivity contribution is 7.89. The number of aryl methyl sites for hydroxylation is 1. The van der Waals surface area contributed by atoms with Crippen LogP contribution in [0.3, 0.4) is 0 Å². The molecule has 4 aromatic rings. The van der Waals surface area contributed by atoms with Gasteiger partial charge in [0.05, 0.1) is 27.9 Å². The highest BCUT2D eigenvalue weighted by atomic mass is 32.2. The molecule has 0 aliphatic rings. The van der Waals surface area contributed by atoms with E-state index in [2.05, 4.69) is 16.9 Å². The van der Waals surface area contributed by atoms with E-state index in [1.54, 1.807) is 23.0 Å². The zero-order valence-corrected chi connectivity index (χ0v) is 15.8. The van der Waals surface area contributed by atoms with E-state index in [0.29, 0.717) is 5.56 Å². The highest BCUT2D eigenvalue weighted by Crippen LogP contribution is 2.23. The average Bonchev–Trinajstić information content (AvgIpc) is 3.06. The standard InChI is InChI=1S/C21H16N4O2S/c1-25-21(20-13-10-16-4-2-3-5-19(16)24-20)17(14-23-25)9-6-15-7-11-18(12-8-15)28(22,26)27/h2-5,7-8,10-14H,1H3,(H2,22,26,27). The van der Waals surface area contributed by atoms with Crippen LogP contribution in [0.15, 0.2) is 71.8 Å². The number of nitrogens with two attached hydrogens (primary N) is 1. The maximum absolute atomic E-state index is 11.3. The molecule has 2 aromatic carbocycles. The van der Waals surface area contributed by atoms with Crippen LogP contribution in [0, 0.1) is 11.8 Å². The van der Waals surface area contributed by atoms with Crippen LogP contribution in [-0.2, 0) is 17.1 Å². The van der Waals surface area contributed by atoms with E-state index in [1.807, 2.05) is 43.4 Å². The Bertz CT molecular complexity index is 1340. The second kappa shape index (κ2) is 6.93. The van der Waals surface area contributed by atoms with Gasteiger partial charge >= 0.3 is 0 Å². The van der Waals surface area contributed by atoms with Gasteiger partial charge in [0.1, 0.15) is 5.69 Å². The van der Waals surface area contributed by atoms with Crippen molar-refractivity contribution in [2.45, 2.75) is 4.90 Å². The molecule has 2 N–H and O–H groups in total. The van der Waals surface area contributed by atoms with E-state index in [1.165, 1.54) is 12.1 Å². The molecule has 2 heterocycles.